The van der Waals surface area contributed by atoms with Crippen molar-refractivity contribution in [2.45, 2.75) is 60.4 Å². The summed E-state index contributed by atoms with van der Waals surface area (Å²) < 4.78 is 0. The number of carbonyl (C=O) groups is 2. The molecular weight excluding hydrogens is 419 g/mol. The van der Waals surface area contributed by atoms with Crippen LogP contribution in [0.5, 0.6) is 0 Å². The summed E-state index contributed by atoms with van der Waals surface area (Å²) >= 11 is 12.5. The summed E-state index contributed by atoms with van der Waals surface area (Å²) in [5.41, 5.74) is 5.22. The lowest BCUT2D eigenvalue weighted by Crippen LogP contribution is -2.56. The van der Waals surface area contributed by atoms with Crippen LogP contribution >= 0.6 is 23.2 Å². The van der Waals surface area contributed by atoms with Crippen LogP contribution in [-0.4, -0.2) is 22.9 Å². The maximum atomic E-state index is 13.6. The Morgan fingerprint density at radius 2 is 1.57 bits per heavy atom. The third-order valence-electron chi connectivity index (χ3n) is 4.97. The highest BCUT2D eigenvalue weighted by molar-refractivity contribution is 6.39. The number of aryl methyl sites for hydroxylation is 2. The van der Waals surface area contributed by atoms with Crippen LogP contribution < -0.4 is 5.43 Å². The molecule has 0 radical (unpaired) electrons. The van der Waals surface area contributed by atoms with Gasteiger partial charge in [0, 0.05) is 5.56 Å². The zero-order valence-electron chi connectivity index (χ0n) is 18.5. The highest BCUT2D eigenvalue weighted by atomic mass is 35.5. The third kappa shape index (κ3) is 5.77. The number of hydrogen-bond donors (Lipinski definition) is 1. The van der Waals surface area contributed by atoms with Crippen LogP contribution in [0.4, 0.5) is 0 Å². The number of benzene rings is 2. The number of nitrogens with one attached hydrogen (secondary N) is 1. The summed E-state index contributed by atoms with van der Waals surface area (Å²) in [6.07, 6.45) is 1.60. The monoisotopic (exact) mass is 448 g/mol. The van der Waals surface area contributed by atoms with E-state index in [1.165, 1.54) is 5.01 Å². The molecule has 0 aliphatic rings. The van der Waals surface area contributed by atoms with Crippen LogP contribution in [0.25, 0.3) is 0 Å². The van der Waals surface area contributed by atoms with E-state index < -0.39 is 5.91 Å². The molecule has 2 aromatic carbocycles. The van der Waals surface area contributed by atoms with Crippen molar-refractivity contribution in [2.75, 3.05) is 0 Å². The lowest BCUT2D eigenvalue weighted by Gasteiger charge is -2.40. The van der Waals surface area contributed by atoms with Crippen LogP contribution in [0.1, 0.15) is 72.4 Å². The normalized spacial score (nSPS) is 12.4. The van der Waals surface area contributed by atoms with Crippen molar-refractivity contribution >= 4 is 35.0 Å². The van der Waals surface area contributed by atoms with Crippen LogP contribution in [0, 0.1) is 19.3 Å². The van der Waals surface area contributed by atoms with Crippen molar-refractivity contribution in [3.63, 3.8) is 0 Å². The maximum Gasteiger partial charge on any atom is 0.272 e. The molecule has 30 heavy (non-hydrogen) atoms. The van der Waals surface area contributed by atoms with Crippen molar-refractivity contribution in [2.24, 2.45) is 5.41 Å². The smallest absolute Gasteiger partial charge is 0.267 e. The first-order valence-corrected chi connectivity index (χ1v) is 10.9. The van der Waals surface area contributed by atoms with E-state index in [9.17, 15) is 9.59 Å². The topological polar surface area (TPSA) is 49.4 Å². The van der Waals surface area contributed by atoms with Gasteiger partial charge in [0.1, 0.15) is 0 Å². The van der Waals surface area contributed by atoms with E-state index in [2.05, 4.69) is 33.1 Å². The zero-order valence-corrected chi connectivity index (χ0v) is 20.0. The SMILES string of the molecule is CCC[C@@H](N(NC(=O)c1c(Cl)cccc1Cl)C(=O)c1cc(C)cc(C)c1)C(C)(C)C. The van der Waals surface area contributed by atoms with Gasteiger partial charge in [0.15, 0.2) is 0 Å². The summed E-state index contributed by atoms with van der Waals surface area (Å²) in [7, 11) is 0. The number of carbonyl (C=O) groups excluding carboxylic acids is 2. The Morgan fingerprint density at radius 1 is 1.03 bits per heavy atom. The minimum atomic E-state index is -0.506. The molecule has 2 aromatic rings. The molecule has 0 heterocycles. The average molecular weight is 449 g/mol. The molecule has 0 fully saturated rings. The van der Waals surface area contributed by atoms with Crippen molar-refractivity contribution in [1.29, 1.82) is 0 Å². The van der Waals surface area contributed by atoms with Gasteiger partial charge < -0.3 is 0 Å². The number of nitrogens with zero attached hydrogens (tertiary/aromatic N) is 1. The number of rotatable bonds is 5. The number of hydrogen-bond acceptors (Lipinski definition) is 2. The third-order valence-corrected chi connectivity index (χ3v) is 5.60. The summed E-state index contributed by atoms with van der Waals surface area (Å²) in [5, 5.41) is 1.93. The molecule has 1 N–H and O–H groups in total. The molecule has 0 bridgehead atoms. The molecule has 162 valence electrons. The summed E-state index contributed by atoms with van der Waals surface area (Å²) in [6.45, 7) is 12.1. The zero-order chi connectivity index (χ0) is 22.6. The number of halogens is 2. The van der Waals surface area contributed by atoms with Gasteiger partial charge in [-0.1, -0.05) is 80.6 Å². The molecule has 0 aliphatic carbocycles. The second-order valence-corrected chi connectivity index (χ2v) is 9.57. The van der Waals surface area contributed by atoms with Crippen molar-refractivity contribution in [3.05, 3.63) is 68.7 Å². The predicted molar refractivity (Wildman–Crippen MR) is 124 cm³/mol. The first-order valence-electron chi connectivity index (χ1n) is 10.1. The van der Waals surface area contributed by atoms with Crippen molar-refractivity contribution in [3.8, 4) is 0 Å². The molecule has 0 aromatic heterocycles. The van der Waals surface area contributed by atoms with Gasteiger partial charge >= 0.3 is 0 Å². The molecule has 0 spiro atoms. The Balaban J connectivity index is 2.52. The average Bonchev–Trinajstić information content (AvgIpc) is 2.62. The lowest BCUT2D eigenvalue weighted by molar-refractivity contribution is 0.0271. The Kier molecular flexibility index (Phi) is 7.95. The van der Waals surface area contributed by atoms with E-state index in [4.69, 9.17) is 23.2 Å². The molecule has 0 saturated heterocycles. The maximum absolute atomic E-state index is 13.6. The van der Waals surface area contributed by atoms with Gasteiger partial charge in [-0.3, -0.25) is 15.0 Å². The van der Waals surface area contributed by atoms with Gasteiger partial charge in [-0.05, 0) is 49.9 Å². The molecule has 2 amide bonds. The minimum absolute atomic E-state index is 0.156. The van der Waals surface area contributed by atoms with E-state index in [-0.39, 0.29) is 33.0 Å². The van der Waals surface area contributed by atoms with Crippen molar-refractivity contribution < 1.29 is 9.59 Å². The first-order chi connectivity index (χ1) is 14.0. The van der Waals surface area contributed by atoms with Gasteiger partial charge in [-0.2, -0.15) is 0 Å². The second-order valence-electron chi connectivity index (χ2n) is 8.76. The fourth-order valence-corrected chi connectivity index (χ4v) is 4.18. The Morgan fingerprint density at radius 3 is 2.03 bits per heavy atom. The largest absolute Gasteiger partial charge is 0.272 e. The summed E-state index contributed by atoms with van der Waals surface area (Å²) in [6, 6.07) is 10.3. The van der Waals surface area contributed by atoms with Crippen LogP contribution in [0.3, 0.4) is 0 Å². The molecule has 0 unspecified atom stereocenters. The Hall–Kier alpha value is -2.04. The predicted octanol–water partition coefficient (Wildman–Crippen LogP) is 6.61. The van der Waals surface area contributed by atoms with Crippen molar-refractivity contribution in [1.82, 2.24) is 10.4 Å². The van der Waals surface area contributed by atoms with E-state index in [1.807, 2.05) is 32.0 Å². The van der Waals surface area contributed by atoms with Gasteiger partial charge in [0.2, 0.25) is 0 Å². The molecular formula is C24H30Cl2N2O2. The molecule has 0 aliphatic heterocycles. The standard InChI is InChI=1S/C24H30Cl2N2O2/c1-7-9-20(24(4,5)6)28(23(30)17-13-15(2)12-16(3)14-17)27-22(29)21-18(25)10-8-11-19(21)26/h8,10-14,20H,7,9H2,1-6H3,(H,27,29)/t20-/m1/s1. The first kappa shape index (κ1) is 24.2. The van der Waals surface area contributed by atoms with E-state index >= 15 is 0 Å². The van der Waals surface area contributed by atoms with Gasteiger partial charge in [0.05, 0.1) is 21.7 Å². The lowest BCUT2D eigenvalue weighted by atomic mass is 9.83. The number of hydrazine groups is 1. The Labute approximate surface area is 189 Å². The molecule has 2 rings (SSSR count). The highest BCUT2D eigenvalue weighted by Gasteiger charge is 2.35. The summed E-state index contributed by atoms with van der Waals surface area (Å²) in [5.74, 6) is -0.764. The van der Waals surface area contributed by atoms with E-state index in [1.54, 1.807) is 18.2 Å². The molecule has 4 nitrogen and oxygen atoms in total. The van der Waals surface area contributed by atoms with E-state index in [0.717, 1.165) is 24.0 Å². The van der Waals surface area contributed by atoms with Crippen LogP contribution in [0.15, 0.2) is 36.4 Å². The number of amides is 2. The fraction of sp³-hybridized carbons (Fsp3) is 0.417. The van der Waals surface area contributed by atoms with E-state index in [0.29, 0.717) is 5.56 Å². The highest BCUT2D eigenvalue weighted by Crippen LogP contribution is 2.30. The molecule has 1 atom stereocenters. The minimum Gasteiger partial charge on any atom is -0.267 e. The summed E-state index contributed by atoms with van der Waals surface area (Å²) in [4.78, 5) is 26.7. The second kappa shape index (κ2) is 9.84. The van der Waals surface area contributed by atoms with Gasteiger partial charge in [-0.25, -0.2) is 5.01 Å². The van der Waals surface area contributed by atoms with Crippen LogP contribution in [0.2, 0.25) is 10.0 Å². The van der Waals surface area contributed by atoms with Gasteiger partial charge in [0.25, 0.3) is 11.8 Å². The van der Waals surface area contributed by atoms with Gasteiger partial charge in [-0.15, -0.1) is 0 Å². The quantitative estimate of drug-likeness (QED) is 0.522. The molecule has 6 heteroatoms. The fourth-order valence-electron chi connectivity index (χ4n) is 3.61. The molecule has 0 saturated carbocycles. The van der Waals surface area contributed by atoms with Crippen LogP contribution in [-0.2, 0) is 0 Å². The Bertz CT molecular complexity index is 895.